The van der Waals surface area contributed by atoms with Gasteiger partial charge >= 0.3 is 6.18 Å². The highest BCUT2D eigenvalue weighted by Crippen LogP contribution is 2.45. The van der Waals surface area contributed by atoms with E-state index < -0.39 is 23.2 Å². The molecule has 2 saturated heterocycles. The van der Waals surface area contributed by atoms with E-state index in [1.54, 1.807) is 38.4 Å². The third kappa shape index (κ3) is 5.85. The number of piperidine rings is 2. The van der Waals surface area contributed by atoms with E-state index in [9.17, 15) is 27.9 Å². The Bertz CT molecular complexity index is 1450. The van der Waals surface area contributed by atoms with Gasteiger partial charge in [-0.1, -0.05) is 29.8 Å². The van der Waals surface area contributed by atoms with Crippen molar-refractivity contribution in [2.75, 3.05) is 45.2 Å². The highest BCUT2D eigenvalue weighted by atomic mass is 35.5. The fraction of sp³-hybridized carbons (Fsp3) is 0.484. The second-order valence-electron chi connectivity index (χ2n) is 11.6. The number of hydrogen-bond acceptors (Lipinski definition) is 5. The number of nitrogens with zero attached hydrogens (tertiary/aromatic N) is 3. The second kappa shape index (κ2) is 12.1. The van der Waals surface area contributed by atoms with Gasteiger partial charge in [0.2, 0.25) is 0 Å². The van der Waals surface area contributed by atoms with E-state index in [1.165, 1.54) is 21.2 Å². The first-order chi connectivity index (χ1) is 19.9. The molecule has 1 unspecified atom stereocenters. The highest BCUT2D eigenvalue weighted by molar-refractivity contribution is 7.17. The maximum absolute atomic E-state index is 14.3. The summed E-state index contributed by atoms with van der Waals surface area (Å²) in [5.41, 5.74) is -2.51. The summed E-state index contributed by atoms with van der Waals surface area (Å²) in [6, 6.07) is 12.0. The number of aliphatic hydroxyl groups is 1. The zero-order chi connectivity index (χ0) is 30.2. The van der Waals surface area contributed by atoms with Crippen molar-refractivity contribution in [1.82, 2.24) is 9.80 Å². The van der Waals surface area contributed by atoms with Crippen LogP contribution in [-0.4, -0.2) is 73.2 Å². The molecule has 226 valence electrons. The summed E-state index contributed by atoms with van der Waals surface area (Å²) in [5.74, 6) is -0.622. The lowest BCUT2D eigenvalue weighted by molar-refractivity contribution is -0.261. The third-order valence-corrected chi connectivity index (χ3v) is 10.0. The average Bonchev–Trinajstić information content (AvgIpc) is 3.41. The van der Waals surface area contributed by atoms with Crippen molar-refractivity contribution in [3.63, 3.8) is 0 Å². The van der Waals surface area contributed by atoms with Gasteiger partial charge in [-0.3, -0.25) is 9.59 Å². The van der Waals surface area contributed by atoms with E-state index in [4.69, 9.17) is 11.6 Å². The maximum atomic E-state index is 14.3. The molecular weight excluding hydrogens is 587 g/mol. The van der Waals surface area contributed by atoms with Crippen LogP contribution in [0.25, 0.3) is 10.1 Å². The molecule has 0 aliphatic carbocycles. The van der Waals surface area contributed by atoms with Crippen LogP contribution in [0.5, 0.6) is 0 Å². The number of likely N-dealkylation sites (tertiary alicyclic amines) is 1. The zero-order valence-corrected chi connectivity index (χ0v) is 25.2. The van der Waals surface area contributed by atoms with Gasteiger partial charge in [0.15, 0.2) is 0 Å². The van der Waals surface area contributed by atoms with Crippen molar-refractivity contribution in [3.05, 3.63) is 64.0 Å². The van der Waals surface area contributed by atoms with E-state index in [0.717, 1.165) is 49.4 Å². The molecule has 42 heavy (non-hydrogen) atoms. The van der Waals surface area contributed by atoms with Crippen LogP contribution in [0.15, 0.2) is 47.8 Å². The lowest BCUT2D eigenvalue weighted by Crippen LogP contribution is -2.57. The van der Waals surface area contributed by atoms with E-state index in [1.807, 2.05) is 12.1 Å². The molecule has 2 amide bonds. The fourth-order valence-corrected chi connectivity index (χ4v) is 7.52. The minimum Gasteiger partial charge on any atom is -0.371 e. The van der Waals surface area contributed by atoms with Gasteiger partial charge in [-0.25, -0.2) is 0 Å². The zero-order valence-electron chi connectivity index (χ0n) is 23.7. The number of halogens is 4. The first kappa shape index (κ1) is 30.6. The van der Waals surface area contributed by atoms with E-state index >= 15 is 0 Å². The molecule has 1 aromatic heterocycles. The Morgan fingerprint density at radius 2 is 1.62 bits per heavy atom. The number of carbonyl (C=O) groups is 2. The number of hydrogen-bond donors (Lipinski definition) is 1. The summed E-state index contributed by atoms with van der Waals surface area (Å²) < 4.78 is 43.6. The summed E-state index contributed by atoms with van der Waals surface area (Å²) in [6.07, 6.45) is -0.998. The lowest BCUT2D eigenvalue weighted by atomic mass is 9.82. The van der Waals surface area contributed by atoms with E-state index in [-0.39, 0.29) is 24.4 Å². The summed E-state index contributed by atoms with van der Waals surface area (Å²) >= 11 is 7.49. The van der Waals surface area contributed by atoms with Crippen LogP contribution >= 0.6 is 22.9 Å². The molecule has 2 fully saturated rings. The van der Waals surface area contributed by atoms with Crippen LogP contribution in [0.4, 0.5) is 18.9 Å². The smallest absolute Gasteiger partial charge is 0.371 e. The molecule has 0 radical (unpaired) electrons. The van der Waals surface area contributed by atoms with Crippen LogP contribution in [0.1, 0.15) is 48.0 Å². The molecule has 1 atom stereocenters. The normalized spacial score (nSPS) is 18.7. The molecule has 2 aliphatic heterocycles. The number of alkyl halides is 3. The van der Waals surface area contributed by atoms with Gasteiger partial charge in [0, 0.05) is 56.2 Å². The predicted molar refractivity (Wildman–Crippen MR) is 160 cm³/mol. The Hall–Kier alpha value is -2.82. The van der Waals surface area contributed by atoms with Crippen LogP contribution in [0.2, 0.25) is 5.02 Å². The number of benzene rings is 2. The summed E-state index contributed by atoms with van der Waals surface area (Å²) in [6.45, 7) is 2.09. The van der Waals surface area contributed by atoms with Crippen LogP contribution in [0, 0.1) is 11.8 Å². The van der Waals surface area contributed by atoms with Gasteiger partial charge in [-0.2, -0.15) is 13.2 Å². The Balaban J connectivity index is 1.16. The molecule has 5 rings (SSSR count). The largest absolute Gasteiger partial charge is 0.430 e. The quantitative estimate of drug-likeness (QED) is 0.339. The number of thiophene rings is 1. The SMILES string of the molecule is CN(C)C(=O)c1ccc(N2CCC(CC3CCN(C(=O)C(O)(c4csc5ccccc45)C(F)(F)F)CC3)CC2)cc1Cl. The number of fused-ring (bicyclic) bond motifs is 1. The monoisotopic (exact) mass is 621 g/mol. The molecule has 3 heterocycles. The van der Waals surface area contributed by atoms with Gasteiger partial charge in [-0.15, -0.1) is 11.3 Å². The molecule has 0 saturated carbocycles. The first-order valence-electron chi connectivity index (χ1n) is 14.2. The number of rotatable bonds is 6. The number of anilines is 1. The van der Waals surface area contributed by atoms with Crippen LogP contribution < -0.4 is 4.90 Å². The molecule has 6 nitrogen and oxygen atoms in total. The topological polar surface area (TPSA) is 64.1 Å². The molecule has 3 aromatic rings. The van der Waals surface area contributed by atoms with Gasteiger partial charge in [0.1, 0.15) is 0 Å². The highest BCUT2D eigenvalue weighted by Gasteiger charge is 2.63. The Kier molecular flexibility index (Phi) is 8.79. The minimum absolute atomic E-state index is 0.138. The standard InChI is InChI=1S/C31H35ClF3N3O3S/c1-36(2)28(39)24-8-7-22(18-26(24)32)37-13-9-20(10-14-37)17-21-11-15-38(16-12-21)29(40)30(41,31(33,34)35)25-19-42-27-6-4-3-5-23(25)27/h3-8,18-21,41H,9-17H2,1-2H3. The predicted octanol–water partition coefficient (Wildman–Crippen LogP) is 6.55. The Morgan fingerprint density at radius 3 is 2.21 bits per heavy atom. The van der Waals surface area contributed by atoms with Crippen molar-refractivity contribution >= 4 is 50.5 Å². The molecule has 11 heteroatoms. The maximum Gasteiger partial charge on any atom is 0.430 e. The third-order valence-electron chi connectivity index (χ3n) is 8.73. The number of amides is 2. The molecule has 2 aliphatic rings. The van der Waals surface area contributed by atoms with Gasteiger partial charge in [0.05, 0.1) is 10.6 Å². The average molecular weight is 622 g/mol. The van der Waals surface area contributed by atoms with E-state index in [0.29, 0.717) is 40.0 Å². The lowest BCUT2D eigenvalue weighted by Gasteiger charge is -2.40. The minimum atomic E-state index is -5.15. The second-order valence-corrected chi connectivity index (χ2v) is 12.9. The van der Waals surface area contributed by atoms with Crippen LogP contribution in [-0.2, 0) is 10.4 Å². The summed E-state index contributed by atoms with van der Waals surface area (Å²) in [4.78, 5) is 30.5. The van der Waals surface area contributed by atoms with Gasteiger partial charge < -0.3 is 19.8 Å². The summed E-state index contributed by atoms with van der Waals surface area (Å²) in [7, 11) is 3.38. The molecule has 0 bridgehead atoms. The van der Waals surface area contributed by atoms with Crippen molar-refractivity contribution in [2.24, 2.45) is 11.8 Å². The molecular formula is C31H35ClF3N3O3S. The molecule has 1 N–H and O–H groups in total. The van der Waals surface area contributed by atoms with E-state index in [2.05, 4.69) is 4.90 Å². The first-order valence-corrected chi connectivity index (χ1v) is 15.5. The van der Waals surface area contributed by atoms with Crippen molar-refractivity contribution < 1.29 is 27.9 Å². The van der Waals surface area contributed by atoms with Crippen molar-refractivity contribution in [2.45, 2.75) is 43.9 Å². The molecule has 2 aromatic carbocycles. The number of carbonyl (C=O) groups excluding carboxylic acids is 2. The van der Waals surface area contributed by atoms with Crippen molar-refractivity contribution in [1.29, 1.82) is 0 Å². The van der Waals surface area contributed by atoms with Gasteiger partial charge in [-0.05, 0) is 79.0 Å². The summed E-state index contributed by atoms with van der Waals surface area (Å²) in [5, 5.41) is 12.9. The van der Waals surface area contributed by atoms with Crippen molar-refractivity contribution in [3.8, 4) is 0 Å². The van der Waals surface area contributed by atoms with Gasteiger partial charge in [0.25, 0.3) is 17.4 Å². The Morgan fingerprint density at radius 1 is 1.00 bits per heavy atom. The van der Waals surface area contributed by atoms with Crippen LogP contribution in [0.3, 0.4) is 0 Å². The fourth-order valence-electron chi connectivity index (χ4n) is 6.26. The Labute approximate surface area is 252 Å². The molecule has 0 spiro atoms.